The van der Waals surface area contributed by atoms with Crippen LogP contribution in [0.25, 0.3) is 0 Å². The molecule has 0 bridgehead atoms. The number of rotatable bonds is 2. The fourth-order valence-electron chi connectivity index (χ4n) is 1.19. The SMILES string of the molecule is CN(C)CN1CCOC(Cl)C1. The Morgan fingerprint density at radius 1 is 1.64 bits per heavy atom. The molecular weight excluding hydrogens is 164 g/mol. The van der Waals surface area contributed by atoms with E-state index in [0.29, 0.717) is 0 Å². The molecule has 11 heavy (non-hydrogen) atoms. The zero-order valence-corrected chi connectivity index (χ0v) is 7.84. The molecule has 0 aromatic carbocycles. The molecule has 0 N–H and O–H groups in total. The monoisotopic (exact) mass is 178 g/mol. The van der Waals surface area contributed by atoms with Crippen molar-refractivity contribution in [3.63, 3.8) is 0 Å². The van der Waals surface area contributed by atoms with Crippen LogP contribution in [-0.2, 0) is 4.74 Å². The van der Waals surface area contributed by atoms with Crippen LogP contribution >= 0.6 is 11.6 Å². The van der Waals surface area contributed by atoms with E-state index in [-0.39, 0.29) is 5.56 Å². The Bertz CT molecular complexity index is 119. The summed E-state index contributed by atoms with van der Waals surface area (Å²) in [5, 5.41) is 0. The highest BCUT2D eigenvalue weighted by molar-refractivity contribution is 6.19. The number of alkyl halides is 1. The maximum absolute atomic E-state index is 5.81. The largest absolute Gasteiger partial charge is 0.360 e. The predicted molar refractivity (Wildman–Crippen MR) is 45.7 cm³/mol. The Morgan fingerprint density at radius 2 is 2.36 bits per heavy atom. The highest BCUT2D eigenvalue weighted by Crippen LogP contribution is 2.07. The van der Waals surface area contributed by atoms with Crippen molar-refractivity contribution in [1.29, 1.82) is 0 Å². The Labute approximate surface area is 72.9 Å². The number of morpholine rings is 1. The van der Waals surface area contributed by atoms with Gasteiger partial charge >= 0.3 is 0 Å². The zero-order chi connectivity index (χ0) is 8.27. The van der Waals surface area contributed by atoms with E-state index in [9.17, 15) is 0 Å². The fraction of sp³-hybridized carbons (Fsp3) is 1.00. The smallest absolute Gasteiger partial charge is 0.143 e. The van der Waals surface area contributed by atoms with Gasteiger partial charge in [0.25, 0.3) is 0 Å². The molecule has 0 amide bonds. The molecule has 1 atom stereocenters. The summed E-state index contributed by atoms with van der Waals surface area (Å²) in [7, 11) is 4.11. The third-order valence-corrected chi connectivity index (χ3v) is 1.85. The van der Waals surface area contributed by atoms with Crippen LogP contribution in [0.15, 0.2) is 0 Å². The molecule has 1 rings (SSSR count). The van der Waals surface area contributed by atoms with Crippen LogP contribution in [0.1, 0.15) is 0 Å². The standard InChI is InChI=1S/C7H15ClN2O/c1-9(2)6-10-3-4-11-7(8)5-10/h7H,3-6H2,1-2H3. The van der Waals surface area contributed by atoms with Crippen LogP contribution < -0.4 is 0 Å². The van der Waals surface area contributed by atoms with Gasteiger partial charge in [0.1, 0.15) is 5.56 Å². The summed E-state index contributed by atoms with van der Waals surface area (Å²) in [6, 6.07) is 0. The maximum atomic E-state index is 5.81. The number of halogens is 1. The Morgan fingerprint density at radius 3 is 2.91 bits per heavy atom. The molecule has 66 valence electrons. The molecule has 0 aromatic heterocycles. The molecule has 4 heteroatoms. The van der Waals surface area contributed by atoms with Crippen molar-refractivity contribution in [3.05, 3.63) is 0 Å². The summed E-state index contributed by atoms with van der Waals surface area (Å²) in [5.41, 5.74) is -0.122. The Hall–Kier alpha value is 0.170. The number of hydrogen-bond acceptors (Lipinski definition) is 3. The highest BCUT2D eigenvalue weighted by atomic mass is 35.5. The minimum Gasteiger partial charge on any atom is -0.360 e. The van der Waals surface area contributed by atoms with Crippen LogP contribution in [-0.4, -0.2) is 55.8 Å². The summed E-state index contributed by atoms with van der Waals surface area (Å²) < 4.78 is 5.19. The van der Waals surface area contributed by atoms with Crippen molar-refractivity contribution in [2.75, 3.05) is 40.5 Å². The second-order valence-electron chi connectivity index (χ2n) is 3.08. The van der Waals surface area contributed by atoms with Crippen LogP contribution in [0.2, 0.25) is 0 Å². The normalized spacial score (nSPS) is 27.8. The van der Waals surface area contributed by atoms with Gasteiger partial charge in [-0.25, -0.2) is 0 Å². The van der Waals surface area contributed by atoms with Gasteiger partial charge < -0.3 is 4.74 Å². The molecular formula is C7H15ClN2O. The quantitative estimate of drug-likeness (QED) is 0.570. The van der Waals surface area contributed by atoms with Crippen molar-refractivity contribution < 1.29 is 4.74 Å². The Kier molecular flexibility index (Phi) is 3.59. The topological polar surface area (TPSA) is 15.7 Å². The van der Waals surface area contributed by atoms with E-state index >= 15 is 0 Å². The third kappa shape index (κ3) is 3.38. The van der Waals surface area contributed by atoms with Crippen molar-refractivity contribution in [1.82, 2.24) is 9.80 Å². The second kappa shape index (κ2) is 4.26. The molecule has 0 saturated carbocycles. The van der Waals surface area contributed by atoms with Gasteiger partial charge in [0.15, 0.2) is 0 Å². The molecule has 0 radical (unpaired) electrons. The van der Waals surface area contributed by atoms with Gasteiger partial charge in [-0.15, -0.1) is 0 Å². The highest BCUT2D eigenvalue weighted by Gasteiger charge is 2.17. The summed E-state index contributed by atoms with van der Waals surface area (Å²) >= 11 is 5.81. The molecule has 1 aliphatic rings. The molecule has 3 nitrogen and oxygen atoms in total. The van der Waals surface area contributed by atoms with Crippen LogP contribution in [0, 0.1) is 0 Å². The first-order chi connectivity index (χ1) is 5.18. The maximum Gasteiger partial charge on any atom is 0.143 e. The van der Waals surface area contributed by atoms with Crippen LogP contribution in [0.5, 0.6) is 0 Å². The van der Waals surface area contributed by atoms with E-state index in [1.165, 1.54) is 0 Å². The number of hydrogen-bond donors (Lipinski definition) is 0. The van der Waals surface area contributed by atoms with Gasteiger partial charge in [-0.05, 0) is 14.1 Å². The fourth-order valence-corrected chi connectivity index (χ4v) is 1.47. The summed E-state index contributed by atoms with van der Waals surface area (Å²) in [4.78, 5) is 4.41. The lowest BCUT2D eigenvalue weighted by atomic mass is 10.4. The molecule has 1 aliphatic heterocycles. The minimum absolute atomic E-state index is 0.122. The molecule has 1 heterocycles. The van der Waals surface area contributed by atoms with E-state index < -0.39 is 0 Å². The predicted octanol–water partition coefficient (Wildman–Crippen LogP) is 0.403. The molecule has 0 spiro atoms. The summed E-state index contributed by atoms with van der Waals surface area (Å²) in [6.45, 7) is 3.54. The minimum atomic E-state index is -0.122. The number of nitrogens with zero attached hydrogens (tertiary/aromatic N) is 2. The van der Waals surface area contributed by atoms with Gasteiger partial charge in [-0.1, -0.05) is 11.6 Å². The average molecular weight is 179 g/mol. The zero-order valence-electron chi connectivity index (χ0n) is 7.09. The third-order valence-electron chi connectivity index (χ3n) is 1.59. The van der Waals surface area contributed by atoms with Gasteiger partial charge in [-0.2, -0.15) is 0 Å². The van der Waals surface area contributed by atoms with Crippen LogP contribution in [0.3, 0.4) is 0 Å². The molecule has 1 unspecified atom stereocenters. The van der Waals surface area contributed by atoms with Crippen molar-refractivity contribution in [2.24, 2.45) is 0 Å². The van der Waals surface area contributed by atoms with E-state index in [1.807, 2.05) is 0 Å². The Balaban J connectivity index is 2.23. The van der Waals surface area contributed by atoms with E-state index in [4.69, 9.17) is 16.3 Å². The van der Waals surface area contributed by atoms with Crippen molar-refractivity contribution in [2.45, 2.75) is 5.56 Å². The van der Waals surface area contributed by atoms with Gasteiger partial charge in [0.2, 0.25) is 0 Å². The van der Waals surface area contributed by atoms with Gasteiger partial charge in [0.05, 0.1) is 13.3 Å². The van der Waals surface area contributed by atoms with E-state index in [2.05, 4.69) is 23.9 Å². The molecule has 1 saturated heterocycles. The van der Waals surface area contributed by atoms with E-state index in [0.717, 1.165) is 26.4 Å². The molecule has 0 aromatic rings. The van der Waals surface area contributed by atoms with Crippen LogP contribution in [0.4, 0.5) is 0 Å². The number of ether oxygens (including phenoxy) is 1. The van der Waals surface area contributed by atoms with Gasteiger partial charge in [0, 0.05) is 13.1 Å². The second-order valence-corrected chi connectivity index (χ2v) is 3.57. The average Bonchev–Trinajstić information content (AvgIpc) is 1.85. The lowest BCUT2D eigenvalue weighted by Gasteiger charge is -2.31. The first-order valence-corrected chi connectivity index (χ1v) is 4.25. The first kappa shape index (κ1) is 9.26. The van der Waals surface area contributed by atoms with Crippen molar-refractivity contribution in [3.8, 4) is 0 Å². The molecule has 1 fully saturated rings. The molecule has 0 aliphatic carbocycles. The summed E-state index contributed by atoms with van der Waals surface area (Å²) in [6.07, 6.45) is 0. The lowest BCUT2D eigenvalue weighted by Crippen LogP contribution is -2.44. The first-order valence-electron chi connectivity index (χ1n) is 3.81. The van der Waals surface area contributed by atoms with Crippen molar-refractivity contribution >= 4 is 11.6 Å². The summed E-state index contributed by atoms with van der Waals surface area (Å²) in [5.74, 6) is 0. The lowest BCUT2D eigenvalue weighted by molar-refractivity contribution is -0.00206. The van der Waals surface area contributed by atoms with E-state index in [1.54, 1.807) is 0 Å². The van der Waals surface area contributed by atoms with Gasteiger partial charge in [-0.3, -0.25) is 9.80 Å².